The molecule has 0 radical (unpaired) electrons. The number of carboxylic acid groups (broad SMARTS) is 1. The molecule has 3 aromatic rings. The van der Waals surface area contributed by atoms with Crippen LogP contribution in [0.3, 0.4) is 0 Å². The minimum Gasteiger partial charge on any atom is -0.491 e. The maximum atomic E-state index is 11.5. The molecular formula is C33H42O12. The summed E-state index contributed by atoms with van der Waals surface area (Å²) in [4.78, 5) is 11.5. The summed E-state index contributed by atoms with van der Waals surface area (Å²) in [7, 11) is 0. The Hall–Kier alpha value is -3.65. The van der Waals surface area contributed by atoms with Crippen LogP contribution in [-0.4, -0.2) is 117 Å². The second-order valence-electron chi connectivity index (χ2n) is 9.67. The Kier molecular flexibility index (Phi) is 15.5. The molecule has 0 saturated carbocycles. The number of hydrogen-bond acceptors (Lipinski definition) is 11. The van der Waals surface area contributed by atoms with Gasteiger partial charge in [0.15, 0.2) is 0 Å². The van der Waals surface area contributed by atoms with E-state index >= 15 is 0 Å². The van der Waals surface area contributed by atoms with Gasteiger partial charge in [-0.2, -0.15) is 0 Å². The molecule has 3 aromatic carbocycles. The molecule has 1 N–H and O–H groups in total. The molecule has 12 nitrogen and oxygen atoms in total. The number of carbonyl (C=O) groups is 1. The van der Waals surface area contributed by atoms with E-state index in [2.05, 4.69) is 0 Å². The van der Waals surface area contributed by atoms with Crippen LogP contribution >= 0.6 is 0 Å². The Balaban J connectivity index is 1.24. The third kappa shape index (κ3) is 12.7. The predicted octanol–water partition coefficient (Wildman–Crippen LogP) is 3.87. The van der Waals surface area contributed by atoms with E-state index in [1.165, 1.54) is 12.1 Å². The highest BCUT2D eigenvalue weighted by atomic mass is 16.6. The van der Waals surface area contributed by atoms with Crippen molar-refractivity contribution in [3.05, 3.63) is 60.2 Å². The SMILES string of the molecule is O=C(O)c1cc2cc(c1)OCCOCCOCCOCCOc1cccc3c(cccc13)OCCOCCOCCOCCO2. The van der Waals surface area contributed by atoms with Crippen molar-refractivity contribution in [2.75, 3.05) is 106 Å². The van der Waals surface area contributed by atoms with Gasteiger partial charge in [-0.3, -0.25) is 0 Å². The summed E-state index contributed by atoms with van der Waals surface area (Å²) in [5.74, 6) is 1.20. The monoisotopic (exact) mass is 630 g/mol. The number of carboxylic acids is 1. The van der Waals surface area contributed by atoms with Crippen LogP contribution < -0.4 is 18.9 Å². The molecule has 1 aliphatic rings. The zero-order valence-corrected chi connectivity index (χ0v) is 25.4. The van der Waals surface area contributed by atoms with E-state index in [9.17, 15) is 9.90 Å². The van der Waals surface area contributed by atoms with Crippen molar-refractivity contribution in [1.82, 2.24) is 0 Å². The van der Waals surface area contributed by atoms with Crippen LogP contribution in [0.15, 0.2) is 54.6 Å². The molecule has 6 bridgehead atoms. The van der Waals surface area contributed by atoms with Crippen LogP contribution in [0.5, 0.6) is 23.0 Å². The molecule has 0 spiro atoms. The van der Waals surface area contributed by atoms with Crippen LogP contribution in [0.1, 0.15) is 10.4 Å². The van der Waals surface area contributed by atoms with Gasteiger partial charge in [-0.05, 0) is 24.3 Å². The molecular weight excluding hydrogens is 588 g/mol. The quantitative estimate of drug-likeness (QED) is 0.419. The third-order valence-electron chi connectivity index (χ3n) is 6.42. The van der Waals surface area contributed by atoms with Gasteiger partial charge in [0, 0.05) is 16.8 Å². The Morgan fingerprint density at radius 2 is 0.778 bits per heavy atom. The molecule has 1 heterocycles. The Morgan fingerprint density at radius 3 is 1.13 bits per heavy atom. The standard InChI is InChI=1S/C33H42O12/c34-33(35)26-23-27-25-28(24-26)43-20-16-39-12-8-37-10-14-41-18-22-45-32-6-2-4-30-29(32)3-1-5-31(30)44-21-17-40-13-9-36-7-11-38-15-19-42-27/h1-6,23-25H,7-22H2,(H,34,35). The molecule has 0 fully saturated rings. The van der Waals surface area contributed by atoms with Gasteiger partial charge in [0.05, 0.1) is 84.8 Å². The summed E-state index contributed by atoms with van der Waals surface area (Å²) >= 11 is 0. The lowest BCUT2D eigenvalue weighted by molar-refractivity contribution is 0.00477. The number of ether oxygens (including phenoxy) is 10. The van der Waals surface area contributed by atoms with Crippen LogP contribution in [0, 0.1) is 0 Å². The number of hydrogen-bond donors (Lipinski definition) is 1. The van der Waals surface area contributed by atoms with E-state index in [0.29, 0.717) is 104 Å². The largest absolute Gasteiger partial charge is 0.491 e. The van der Waals surface area contributed by atoms with Crippen molar-refractivity contribution in [1.29, 1.82) is 0 Å². The molecule has 0 unspecified atom stereocenters. The molecule has 4 rings (SSSR count). The summed E-state index contributed by atoms with van der Waals surface area (Å²) in [6.45, 7) is 6.09. The van der Waals surface area contributed by atoms with Gasteiger partial charge in [0.1, 0.15) is 49.4 Å². The highest BCUT2D eigenvalue weighted by molar-refractivity contribution is 5.93. The second kappa shape index (κ2) is 20.4. The normalized spacial score (nSPS) is 18.0. The molecule has 0 saturated heterocycles. The molecule has 0 amide bonds. The fourth-order valence-corrected chi connectivity index (χ4v) is 4.31. The van der Waals surface area contributed by atoms with Crippen molar-refractivity contribution in [3.8, 4) is 23.0 Å². The zero-order valence-electron chi connectivity index (χ0n) is 25.4. The lowest BCUT2D eigenvalue weighted by Crippen LogP contribution is -2.14. The summed E-state index contributed by atoms with van der Waals surface area (Å²) in [5, 5.41) is 11.4. The molecule has 0 atom stereocenters. The lowest BCUT2D eigenvalue weighted by Gasteiger charge is -2.13. The summed E-state index contributed by atoms with van der Waals surface area (Å²) in [6, 6.07) is 16.3. The third-order valence-corrected chi connectivity index (χ3v) is 6.42. The van der Waals surface area contributed by atoms with Crippen molar-refractivity contribution in [2.24, 2.45) is 0 Å². The van der Waals surface area contributed by atoms with Gasteiger partial charge in [-0.25, -0.2) is 4.79 Å². The van der Waals surface area contributed by atoms with Gasteiger partial charge < -0.3 is 52.5 Å². The molecule has 12 heteroatoms. The maximum Gasteiger partial charge on any atom is 0.335 e. The minimum absolute atomic E-state index is 0.0628. The molecule has 246 valence electrons. The Morgan fingerprint density at radius 1 is 0.444 bits per heavy atom. The molecule has 0 aromatic heterocycles. The van der Waals surface area contributed by atoms with Gasteiger partial charge in [-0.1, -0.05) is 24.3 Å². The van der Waals surface area contributed by atoms with Crippen LogP contribution in [0.2, 0.25) is 0 Å². The summed E-state index contributed by atoms with van der Waals surface area (Å²) in [5.41, 5.74) is 0.0628. The van der Waals surface area contributed by atoms with E-state index in [1.54, 1.807) is 6.07 Å². The summed E-state index contributed by atoms with van der Waals surface area (Å²) < 4.78 is 56.8. The van der Waals surface area contributed by atoms with Gasteiger partial charge >= 0.3 is 5.97 Å². The number of fused-ring (bicyclic) bond motifs is 2. The Labute approximate surface area is 262 Å². The average molecular weight is 631 g/mol. The van der Waals surface area contributed by atoms with Crippen molar-refractivity contribution in [3.63, 3.8) is 0 Å². The Bertz CT molecular complexity index is 1200. The van der Waals surface area contributed by atoms with E-state index in [1.807, 2.05) is 36.4 Å². The van der Waals surface area contributed by atoms with Crippen LogP contribution in [-0.2, 0) is 28.4 Å². The van der Waals surface area contributed by atoms with E-state index in [-0.39, 0.29) is 18.8 Å². The topological polar surface area (TPSA) is 130 Å². The molecule has 45 heavy (non-hydrogen) atoms. The van der Waals surface area contributed by atoms with Gasteiger partial charge in [0.25, 0.3) is 0 Å². The average Bonchev–Trinajstić information content (AvgIpc) is 3.05. The maximum absolute atomic E-state index is 11.5. The summed E-state index contributed by atoms with van der Waals surface area (Å²) in [6.07, 6.45) is 0. The predicted molar refractivity (Wildman–Crippen MR) is 164 cm³/mol. The van der Waals surface area contributed by atoms with E-state index < -0.39 is 5.97 Å². The first-order valence-electron chi connectivity index (χ1n) is 15.1. The number of aromatic carboxylic acids is 1. The van der Waals surface area contributed by atoms with Crippen molar-refractivity contribution in [2.45, 2.75) is 0 Å². The first kappa shape index (κ1) is 34.2. The van der Waals surface area contributed by atoms with Crippen LogP contribution in [0.4, 0.5) is 0 Å². The second-order valence-corrected chi connectivity index (χ2v) is 9.67. The van der Waals surface area contributed by atoms with Gasteiger partial charge in [0.2, 0.25) is 0 Å². The first-order chi connectivity index (χ1) is 22.2. The lowest BCUT2D eigenvalue weighted by atomic mass is 10.1. The highest BCUT2D eigenvalue weighted by Gasteiger charge is 2.10. The highest BCUT2D eigenvalue weighted by Crippen LogP contribution is 2.32. The smallest absolute Gasteiger partial charge is 0.335 e. The fraction of sp³-hybridized carbons (Fsp3) is 0.485. The number of rotatable bonds is 1. The molecule has 1 aliphatic heterocycles. The van der Waals surface area contributed by atoms with Crippen molar-refractivity contribution >= 4 is 16.7 Å². The fourth-order valence-electron chi connectivity index (χ4n) is 4.31. The van der Waals surface area contributed by atoms with Gasteiger partial charge in [-0.15, -0.1) is 0 Å². The van der Waals surface area contributed by atoms with Crippen molar-refractivity contribution < 1.29 is 57.3 Å². The van der Waals surface area contributed by atoms with E-state index in [0.717, 1.165) is 22.3 Å². The molecule has 0 aliphatic carbocycles. The minimum atomic E-state index is -1.08. The number of benzene rings is 3. The zero-order chi connectivity index (χ0) is 31.4. The van der Waals surface area contributed by atoms with E-state index in [4.69, 9.17) is 47.4 Å². The first-order valence-corrected chi connectivity index (χ1v) is 15.1. The van der Waals surface area contributed by atoms with Crippen LogP contribution in [0.25, 0.3) is 10.8 Å².